The van der Waals surface area contributed by atoms with Crippen molar-refractivity contribution < 1.29 is 8.76 Å². The van der Waals surface area contributed by atoms with E-state index in [1.807, 2.05) is 29.8 Å². The molecule has 2 aromatic rings. The van der Waals surface area contributed by atoms with Crippen LogP contribution in [0.5, 0.6) is 0 Å². The lowest BCUT2D eigenvalue weighted by Crippen LogP contribution is -2.06. The second-order valence-corrected chi connectivity index (χ2v) is 5.69. The van der Waals surface area contributed by atoms with E-state index in [1.165, 1.54) is 0 Å². The van der Waals surface area contributed by atoms with Crippen molar-refractivity contribution >= 4 is 40.7 Å². The normalized spacial score (nSPS) is 12.3. The van der Waals surface area contributed by atoms with Gasteiger partial charge >= 0.3 is 0 Å². The van der Waals surface area contributed by atoms with Gasteiger partial charge in [0, 0.05) is 21.9 Å². The number of thiazole rings is 1. The Balaban J connectivity index is 2.14. The van der Waals surface area contributed by atoms with E-state index >= 15 is 0 Å². The summed E-state index contributed by atoms with van der Waals surface area (Å²) in [6.07, 6.45) is 0. The molecule has 0 spiro atoms. The number of nitrogens with zero attached hydrogens (tertiary/aromatic N) is 1. The first kappa shape index (κ1) is 13.5. The molecule has 96 valence electrons. The van der Waals surface area contributed by atoms with Crippen molar-refractivity contribution in [1.82, 2.24) is 4.98 Å². The number of aromatic nitrogens is 1. The Labute approximate surface area is 117 Å². The Bertz CT molecular complexity index is 539. The average molecular weight is 300 g/mol. The Morgan fingerprint density at radius 3 is 2.72 bits per heavy atom. The summed E-state index contributed by atoms with van der Waals surface area (Å²) in [5.74, 6) is 0.696. The van der Waals surface area contributed by atoms with Crippen LogP contribution in [0.3, 0.4) is 0 Å². The van der Waals surface area contributed by atoms with Gasteiger partial charge in [-0.2, -0.15) is 12.6 Å². The molecule has 0 aliphatic rings. The highest BCUT2D eigenvalue weighted by atomic mass is 32.2. The van der Waals surface area contributed by atoms with Gasteiger partial charge in [-0.3, -0.25) is 0 Å². The molecule has 1 aromatic carbocycles. The van der Waals surface area contributed by atoms with Crippen molar-refractivity contribution in [3.8, 4) is 11.3 Å². The number of thiol groups is 1. The van der Waals surface area contributed by atoms with Gasteiger partial charge in [0.25, 0.3) is 0 Å². The molecule has 0 bridgehead atoms. The molecule has 1 aromatic heterocycles. The number of hydrogen-bond acceptors (Lipinski definition) is 5. The van der Waals surface area contributed by atoms with E-state index < -0.39 is 11.1 Å². The molecule has 4 nitrogen and oxygen atoms in total. The second-order valence-electron chi connectivity index (χ2n) is 3.50. The lowest BCUT2D eigenvalue weighted by molar-refractivity contribution is 0.566. The van der Waals surface area contributed by atoms with Crippen LogP contribution >= 0.6 is 24.0 Å². The molecule has 0 amide bonds. The van der Waals surface area contributed by atoms with Crippen LogP contribution in [0, 0.1) is 0 Å². The first-order valence-electron chi connectivity index (χ1n) is 5.15. The minimum atomic E-state index is -1.84. The van der Waals surface area contributed by atoms with E-state index in [0.717, 1.165) is 21.8 Å². The van der Waals surface area contributed by atoms with Crippen molar-refractivity contribution in [3.63, 3.8) is 0 Å². The largest absolute Gasteiger partial charge is 0.372 e. The summed E-state index contributed by atoms with van der Waals surface area (Å²) in [7, 11) is 0. The third-order valence-corrected chi connectivity index (χ3v) is 4.10. The molecule has 0 radical (unpaired) electrons. The highest BCUT2D eigenvalue weighted by Crippen LogP contribution is 2.27. The minimum absolute atomic E-state index is 0.0257. The number of benzene rings is 1. The van der Waals surface area contributed by atoms with Crippen LogP contribution in [0.25, 0.3) is 11.3 Å². The molecule has 2 N–H and O–H groups in total. The van der Waals surface area contributed by atoms with Crippen LogP contribution in [-0.4, -0.2) is 19.6 Å². The molecule has 18 heavy (non-hydrogen) atoms. The minimum Gasteiger partial charge on any atom is -0.372 e. The van der Waals surface area contributed by atoms with E-state index in [2.05, 4.69) is 22.9 Å². The fourth-order valence-corrected chi connectivity index (χ4v) is 2.81. The lowest BCUT2D eigenvalue weighted by Gasteiger charge is -2.05. The fourth-order valence-electron chi connectivity index (χ4n) is 1.51. The van der Waals surface area contributed by atoms with Gasteiger partial charge in [-0.05, 0) is 12.1 Å². The van der Waals surface area contributed by atoms with Gasteiger partial charge in [-0.15, -0.1) is 11.3 Å². The summed E-state index contributed by atoms with van der Waals surface area (Å²) >= 11 is 4.02. The van der Waals surface area contributed by atoms with Crippen molar-refractivity contribution in [2.45, 2.75) is 5.75 Å². The van der Waals surface area contributed by atoms with Gasteiger partial charge in [-0.25, -0.2) is 9.19 Å². The average Bonchev–Trinajstić information content (AvgIpc) is 2.85. The molecule has 0 aliphatic heterocycles. The summed E-state index contributed by atoms with van der Waals surface area (Å²) in [4.78, 5) is 5.46. The number of anilines is 1. The monoisotopic (exact) mass is 300 g/mol. The van der Waals surface area contributed by atoms with Gasteiger partial charge in [0.05, 0.1) is 11.2 Å². The van der Waals surface area contributed by atoms with Crippen LogP contribution in [0.4, 0.5) is 5.69 Å². The Kier molecular flexibility index (Phi) is 4.76. The van der Waals surface area contributed by atoms with Crippen molar-refractivity contribution in [2.75, 3.05) is 11.2 Å². The van der Waals surface area contributed by atoms with Crippen LogP contribution in [0.1, 0.15) is 4.88 Å². The van der Waals surface area contributed by atoms with E-state index in [1.54, 1.807) is 11.3 Å². The molecule has 1 atom stereocenters. The number of rotatable bonds is 5. The molecule has 0 fully saturated rings. The van der Waals surface area contributed by atoms with Crippen LogP contribution in [-0.2, 0) is 16.8 Å². The van der Waals surface area contributed by atoms with Gasteiger partial charge in [-0.1, -0.05) is 12.1 Å². The summed E-state index contributed by atoms with van der Waals surface area (Å²) in [5.41, 5.74) is 4.59. The molecule has 1 heterocycles. The van der Waals surface area contributed by atoms with Gasteiger partial charge in [0.1, 0.15) is 5.88 Å². The molecule has 2 rings (SSSR count). The molecule has 0 saturated heterocycles. The maximum atomic E-state index is 10.5. The lowest BCUT2D eigenvalue weighted by atomic mass is 10.1. The highest BCUT2D eigenvalue weighted by Gasteiger charge is 2.07. The van der Waals surface area contributed by atoms with Crippen LogP contribution in [0.15, 0.2) is 29.8 Å². The standard InChI is InChI=1S/C11H12N2O2S3/c14-18(15)7-13-9-3-1-8(2-4-9)11-10(5-16)17-6-12-11/h1-4,6,13,16H,5,7H2,(H,14,15). The predicted octanol–water partition coefficient (Wildman–Crippen LogP) is 2.83. The Hall–Kier alpha value is -0.890. The third-order valence-electron chi connectivity index (χ3n) is 2.34. The Morgan fingerprint density at radius 1 is 1.39 bits per heavy atom. The first-order chi connectivity index (χ1) is 8.70. The van der Waals surface area contributed by atoms with E-state index in [9.17, 15) is 4.21 Å². The highest BCUT2D eigenvalue weighted by molar-refractivity contribution is 7.79. The molecule has 7 heteroatoms. The molecular weight excluding hydrogens is 288 g/mol. The maximum Gasteiger partial charge on any atom is 0.172 e. The topological polar surface area (TPSA) is 62.2 Å². The number of nitrogens with one attached hydrogen (secondary N) is 1. The zero-order chi connectivity index (χ0) is 13.0. The van der Waals surface area contributed by atoms with Crippen molar-refractivity contribution in [1.29, 1.82) is 0 Å². The van der Waals surface area contributed by atoms with Crippen LogP contribution in [0.2, 0.25) is 0 Å². The molecule has 1 unspecified atom stereocenters. The van der Waals surface area contributed by atoms with E-state index in [0.29, 0.717) is 5.75 Å². The third kappa shape index (κ3) is 3.32. The summed E-state index contributed by atoms with van der Waals surface area (Å²) in [5, 5.41) is 2.86. The zero-order valence-corrected chi connectivity index (χ0v) is 11.9. The van der Waals surface area contributed by atoms with Crippen molar-refractivity contribution in [2.24, 2.45) is 0 Å². The predicted molar refractivity (Wildman–Crippen MR) is 79.5 cm³/mol. The first-order valence-corrected chi connectivity index (χ1v) is 7.94. The maximum absolute atomic E-state index is 10.5. The zero-order valence-electron chi connectivity index (χ0n) is 9.37. The van der Waals surface area contributed by atoms with E-state index in [4.69, 9.17) is 4.55 Å². The molecular formula is C11H12N2O2S3. The van der Waals surface area contributed by atoms with Crippen LogP contribution < -0.4 is 5.32 Å². The second kappa shape index (κ2) is 6.33. The Morgan fingerprint density at radius 2 is 2.11 bits per heavy atom. The smallest absolute Gasteiger partial charge is 0.172 e. The summed E-state index contributed by atoms with van der Waals surface area (Å²) in [6.45, 7) is 0. The van der Waals surface area contributed by atoms with Crippen molar-refractivity contribution in [3.05, 3.63) is 34.7 Å². The van der Waals surface area contributed by atoms with Gasteiger partial charge in [0.2, 0.25) is 0 Å². The summed E-state index contributed by atoms with van der Waals surface area (Å²) < 4.78 is 19.2. The quantitative estimate of drug-likeness (QED) is 0.587. The van der Waals surface area contributed by atoms with Gasteiger partial charge < -0.3 is 9.87 Å². The number of hydrogen-bond donors (Lipinski definition) is 3. The SMILES string of the molecule is O=S(O)CNc1ccc(-c2ncsc2CS)cc1. The fraction of sp³-hybridized carbons (Fsp3) is 0.182. The summed E-state index contributed by atoms with van der Waals surface area (Å²) in [6, 6.07) is 7.60. The molecule has 0 aliphatic carbocycles. The van der Waals surface area contributed by atoms with Gasteiger partial charge in [0.15, 0.2) is 11.1 Å². The molecule has 0 saturated carbocycles. The van der Waals surface area contributed by atoms with E-state index in [-0.39, 0.29) is 5.88 Å².